The minimum Gasteiger partial charge on any atom is -0.379 e. The Morgan fingerprint density at radius 3 is 2.75 bits per heavy atom. The van der Waals surface area contributed by atoms with Crippen molar-refractivity contribution >= 4 is 22.9 Å². The predicted molar refractivity (Wildman–Crippen MR) is 148 cm³/mol. The fraction of sp³-hybridized carbons (Fsp3) is 0.276. The molecule has 204 valence electrons. The summed E-state index contributed by atoms with van der Waals surface area (Å²) in [5, 5.41) is 16.5. The van der Waals surface area contributed by atoms with E-state index in [1.54, 1.807) is 35.4 Å². The van der Waals surface area contributed by atoms with Crippen molar-refractivity contribution in [3.05, 3.63) is 78.3 Å². The number of nitrogens with two attached hydrogens (primary N) is 1. The molecule has 5 heterocycles. The van der Waals surface area contributed by atoms with Gasteiger partial charge in [-0.15, -0.1) is 0 Å². The zero-order chi connectivity index (χ0) is 27.9. The molecule has 11 heteroatoms. The number of hydrogen-bond acceptors (Lipinski definition) is 7. The van der Waals surface area contributed by atoms with Gasteiger partial charge in [-0.3, -0.25) is 9.48 Å². The van der Waals surface area contributed by atoms with Crippen molar-refractivity contribution in [2.24, 2.45) is 0 Å². The number of aromatic amines is 1. The molecule has 0 radical (unpaired) electrons. The normalized spacial score (nSPS) is 15.3. The summed E-state index contributed by atoms with van der Waals surface area (Å²) in [7, 11) is 0. The summed E-state index contributed by atoms with van der Waals surface area (Å²) in [6, 6.07) is 9.34. The molecule has 0 bridgehead atoms. The number of carbonyl (C=O) groups is 1. The van der Waals surface area contributed by atoms with Gasteiger partial charge in [-0.25, -0.2) is 19.3 Å². The average Bonchev–Trinajstić information content (AvgIpc) is 3.60. The predicted octanol–water partition coefficient (Wildman–Crippen LogP) is 3.87. The van der Waals surface area contributed by atoms with E-state index in [1.807, 2.05) is 17.2 Å². The van der Waals surface area contributed by atoms with E-state index in [9.17, 15) is 14.3 Å². The monoisotopic (exact) mass is 540 g/mol. The van der Waals surface area contributed by atoms with E-state index < -0.39 is 11.4 Å². The molecule has 1 fully saturated rings. The molecular formula is C29H29FN8O2. The number of pyridine rings is 1. The number of aliphatic hydroxyl groups is 1. The molecule has 1 aromatic carbocycles. The molecule has 0 saturated carbocycles. The van der Waals surface area contributed by atoms with E-state index in [-0.39, 0.29) is 24.1 Å². The van der Waals surface area contributed by atoms with Gasteiger partial charge in [0.15, 0.2) is 0 Å². The van der Waals surface area contributed by atoms with Crippen molar-refractivity contribution in [1.82, 2.24) is 34.6 Å². The third-order valence-corrected chi connectivity index (χ3v) is 7.41. The number of H-pyrrole nitrogens is 1. The van der Waals surface area contributed by atoms with Crippen LogP contribution in [0, 0.1) is 5.82 Å². The Kier molecular flexibility index (Phi) is 6.51. The van der Waals surface area contributed by atoms with Crippen molar-refractivity contribution in [1.29, 1.82) is 0 Å². The van der Waals surface area contributed by atoms with Crippen LogP contribution in [0.2, 0.25) is 0 Å². The SMILES string of the molecule is CC(O)(c1cccc(F)c1)c1cc(-c2c[nH]c3ncc(-c4cnn(CC(=O)N5CCCCC5)c4)cc23)nc(N)n1. The number of nitrogen functional groups attached to an aromatic ring is 1. The molecule has 4 aromatic heterocycles. The Morgan fingerprint density at radius 2 is 1.95 bits per heavy atom. The molecule has 4 N–H and O–H groups in total. The van der Waals surface area contributed by atoms with E-state index in [2.05, 4.69) is 25.0 Å². The molecular weight excluding hydrogens is 511 g/mol. The third kappa shape index (κ3) is 4.91. The van der Waals surface area contributed by atoms with Gasteiger partial charge >= 0.3 is 0 Å². The number of nitrogens with zero attached hydrogens (tertiary/aromatic N) is 6. The van der Waals surface area contributed by atoms with Crippen LogP contribution >= 0.6 is 0 Å². The fourth-order valence-corrected chi connectivity index (χ4v) is 5.15. The molecule has 0 aliphatic carbocycles. The summed E-state index contributed by atoms with van der Waals surface area (Å²) < 4.78 is 15.5. The number of hydrogen-bond donors (Lipinski definition) is 3. The lowest BCUT2D eigenvalue weighted by Gasteiger charge is -2.26. The number of aromatic nitrogens is 6. The van der Waals surface area contributed by atoms with Crippen LogP contribution in [0.15, 0.2) is 61.2 Å². The maximum absolute atomic E-state index is 13.9. The minimum atomic E-state index is -1.61. The molecule has 0 spiro atoms. The molecule has 10 nitrogen and oxygen atoms in total. The van der Waals surface area contributed by atoms with E-state index in [1.165, 1.54) is 31.5 Å². The zero-order valence-electron chi connectivity index (χ0n) is 22.0. The van der Waals surface area contributed by atoms with Gasteiger partial charge in [-0.2, -0.15) is 5.10 Å². The van der Waals surface area contributed by atoms with Crippen molar-refractivity contribution in [3.63, 3.8) is 0 Å². The van der Waals surface area contributed by atoms with Gasteiger partial charge in [0.05, 0.1) is 17.6 Å². The number of anilines is 1. The highest BCUT2D eigenvalue weighted by Crippen LogP contribution is 2.34. The van der Waals surface area contributed by atoms with Crippen molar-refractivity contribution in [2.45, 2.75) is 38.3 Å². The maximum Gasteiger partial charge on any atom is 0.244 e. The lowest BCUT2D eigenvalue weighted by atomic mass is 9.91. The van der Waals surface area contributed by atoms with Crippen LogP contribution < -0.4 is 5.73 Å². The Morgan fingerprint density at radius 1 is 1.12 bits per heavy atom. The van der Waals surface area contributed by atoms with Crippen molar-refractivity contribution in [2.75, 3.05) is 18.8 Å². The topological polar surface area (TPSA) is 139 Å². The summed E-state index contributed by atoms with van der Waals surface area (Å²) in [5.41, 5.74) is 8.50. The first kappa shape index (κ1) is 25.6. The van der Waals surface area contributed by atoms with E-state index in [0.717, 1.165) is 42.4 Å². The van der Waals surface area contributed by atoms with Gasteiger partial charge in [-0.1, -0.05) is 12.1 Å². The number of amides is 1. The van der Waals surface area contributed by atoms with Crippen molar-refractivity contribution in [3.8, 4) is 22.4 Å². The van der Waals surface area contributed by atoms with Gasteiger partial charge in [0.1, 0.15) is 23.6 Å². The summed E-state index contributed by atoms with van der Waals surface area (Å²) >= 11 is 0. The number of benzene rings is 1. The third-order valence-electron chi connectivity index (χ3n) is 7.41. The Hall–Kier alpha value is -4.64. The fourth-order valence-electron chi connectivity index (χ4n) is 5.15. The largest absolute Gasteiger partial charge is 0.379 e. The van der Waals surface area contributed by atoms with Crippen LogP contribution in [0.25, 0.3) is 33.4 Å². The number of rotatable bonds is 6. The average molecular weight is 541 g/mol. The van der Waals surface area contributed by atoms with Gasteiger partial charge < -0.3 is 20.7 Å². The van der Waals surface area contributed by atoms with Crippen LogP contribution in [0.5, 0.6) is 0 Å². The number of halogens is 1. The number of fused-ring (bicyclic) bond motifs is 1. The quantitative estimate of drug-likeness (QED) is 0.297. The van der Waals surface area contributed by atoms with E-state index >= 15 is 0 Å². The molecule has 1 aliphatic heterocycles. The molecule has 1 aliphatic rings. The number of piperidine rings is 1. The molecule has 1 unspecified atom stereocenters. The summed E-state index contributed by atoms with van der Waals surface area (Å²) in [6.07, 6.45) is 10.3. The Labute approximate surface area is 229 Å². The summed E-state index contributed by atoms with van der Waals surface area (Å²) in [5.74, 6) is -0.418. The second-order valence-corrected chi connectivity index (χ2v) is 10.3. The highest BCUT2D eigenvalue weighted by Gasteiger charge is 2.29. The Bertz CT molecular complexity index is 1700. The Balaban J connectivity index is 1.31. The molecule has 1 saturated heterocycles. The van der Waals surface area contributed by atoms with Gasteiger partial charge in [-0.05, 0) is 56.0 Å². The maximum atomic E-state index is 13.9. The smallest absolute Gasteiger partial charge is 0.244 e. The second kappa shape index (κ2) is 10.2. The molecule has 1 atom stereocenters. The summed E-state index contributed by atoms with van der Waals surface area (Å²) in [6.45, 7) is 3.34. The minimum absolute atomic E-state index is 0.0257. The molecule has 5 aromatic rings. The van der Waals surface area contributed by atoms with Crippen LogP contribution in [-0.2, 0) is 16.9 Å². The van der Waals surface area contributed by atoms with E-state index in [0.29, 0.717) is 22.5 Å². The molecule has 1 amide bonds. The van der Waals surface area contributed by atoms with Crippen molar-refractivity contribution < 1.29 is 14.3 Å². The second-order valence-electron chi connectivity index (χ2n) is 10.3. The highest BCUT2D eigenvalue weighted by atomic mass is 19.1. The van der Waals surface area contributed by atoms with Crippen LogP contribution in [0.1, 0.15) is 37.4 Å². The lowest BCUT2D eigenvalue weighted by Crippen LogP contribution is -2.37. The number of likely N-dealkylation sites (tertiary alicyclic amines) is 1. The van der Waals surface area contributed by atoms with Gasteiger partial charge in [0, 0.05) is 53.8 Å². The number of nitrogens with one attached hydrogen (secondary N) is 1. The first-order chi connectivity index (χ1) is 19.3. The highest BCUT2D eigenvalue weighted by molar-refractivity contribution is 5.95. The molecule has 40 heavy (non-hydrogen) atoms. The zero-order valence-corrected chi connectivity index (χ0v) is 22.0. The molecule has 6 rings (SSSR count). The standard InChI is InChI=1S/C29H29FN8O2/c1-29(40,20-6-5-7-21(30)11-20)25-12-24(35-28(31)36-25)23-15-33-27-22(23)10-18(13-32-27)19-14-34-38(16-19)17-26(39)37-8-3-2-4-9-37/h5-7,10-16,40H,2-4,8-9,17H2,1H3,(H,32,33)(H2,31,35,36). The first-order valence-electron chi connectivity index (χ1n) is 13.2. The van der Waals surface area contributed by atoms with Crippen LogP contribution in [0.3, 0.4) is 0 Å². The van der Waals surface area contributed by atoms with Gasteiger partial charge in [0.25, 0.3) is 0 Å². The van der Waals surface area contributed by atoms with Gasteiger partial charge in [0.2, 0.25) is 11.9 Å². The first-order valence-corrected chi connectivity index (χ1v) is 13.2. The lowest BCUT2D eigenvalue weighted by molar-refractivity contribution is -0.132. The van der Waals surface area contributed by atoms with E-state index in [4.69, 9.17) is 5.73 Å². The van der Waals surface area contributed by atoms with Crippen LogP contribution in [0.4, 0.5) is 10.3 Å². The van der Waals surface area contributed by atoms with Crippen LogP contribution in [-0.4, -0.2) is 58.7 Å². The summed E-state index contributed by atoms with van der Waals surface area (Å²) in [4.78, 5) is 31.0. The number of carbonyl (C=O) groups excluding carboxylic acids is 1.